The van der Waals surface area contributed by atoms with Gasteiger partial charge in [-0.2, -0.15) is 13.2 Å². The van der Waals surface area contributed by atoms with Gasteiger partial charge in [-0.15, -0.1) is 12.4 Å². The minimum Gasteiger partial charge on any atom is -0.302 e. The molecule has 1 aromatic heterocycles. The minimum atomic E-state index is -4.36. The molecular formula is C30H26ClF3N2. The zero-order chi connectivity index (χ0) is 24.6. The van der Waals surface area contributed by atoms with Gasteiger partial charge in [-0.1, -0.05) is 72.8 Å². The number of alkyl halides is 3. The van der Waals surface area contributed by atoms with Crippen LogP contribution in [0.1, 0.15) is 42.8 Å². The topological polar surface area (TPSA) is 24.9 Å². The number of hydrogen-bond acceptors (Lipinski definition) is 2. The Hall–Kier alpha value is -3.41. The molecule has 4 aromatic carbocycles. The van der Waals surface area contributed by atoms with E-state index in [1.54, 1.807) is 0 Å². The molecule has 5 rings (SSSR count). The number of rotatable bonds is 5. The van der Waals surface area contributed by atoms with Crippen LogP contribution in [0.25, 0.3) is 32.8 Å². The summed E-state index contributed by atoms with van der Waals surface area (Å²) in [5.74, 6) is 0. The molecule has 0 aliphatic carbocycles. The van der Waals surface area contributed by atoms with E-state index >= 15 is 0 Å². The van der Waals surface area contributed by atoms with Gasteiger partial charge in [0.15, 0.2) is 0 Å². The zero-order valence-electron chi connectivity index (χ0n) is 19.9. The Morgan fingerprint density at radius 1 is 0.722 bits per heavy atom. The number of aromatic nitrogens is 1. The SMILES string of the molecule is CC(NC(C)c1cccc2ccccc12)c1cc(-c2ccc(C(F)(F)F)cc2)c2ccccc2n1.Cl. The van der Waals surface area contributed by atoms with Crippen LogP contribution >= 0.6 is 12.4 Å². The Bertz CT molecular complexity index is 1490. The molecule has 0 bridgehead atoms. The number of nitrogens with zero attached hydrogens (tertiary/aromatic N) is 1. The van der Waals surface area contributed by atoms with Crippen LogP contribution in [0.3, 0.4) is 0 Å². The van der Waals surface area contributed by atoms with Gasteiger partial charge in [-0.05, 0) is 65.6 Å². The summed E-state index contributed by atoms with van der Waals surface area (Å²) in [6, 6.07) is 29.7. The Morgan fingerprint density at radius 2 is 1.36 bits per heavy atom. The lowest BCUT2D eigenvalue weighted by Gasteiger charge is -2.22. The molecular weight excluding hydrogens is 481 g/mol. The third-order valence-corrected chi connectivity index (χ3v) is 6.49. The van der Waals surface area contributed by atoms with Crippen LogP contribution in [0.15, 0.2) is 97.1 Å². The van der Waals surface area contributed by atoms with Crippen molar-refractivity contribution >= 4 is 34.1 Å². The van der Waals surface area contributed by atoms with Crippen LogP contribution < -0.4 is 5.32 Å². The number of hydrogen-bond donors (Lipinski definition) is 1. The van der Waals surface area contributed by atoms with Gasteiger partial charge in [0.1, 0.15) is 0 Å². The van der Waals surface area contributed by atoms with E-state index in [4.69, 9.17) is 4.98 Å². The molecule has 2 nitrogen and oxygen atoms in total. The highest BCUT2D eigenvalue weighted by Crippen LogP contribution is 2.34. The second-order valence-electron chi connectivity index (χ2n) is 8.87. The zero-order valence-corrected chi connectivity index (χ0v) is 20.7. The van der Waals surface area contributed by atoms with Crippen LogP contribution in [0.2, 0.25) is 0 Å². The molecule has 6 heteroatoms. The standard InChI is InChI=1S/C30H25F3N2.ClH/c1-19(24-12-7-9-21-8-3-4-10-25(21)24)34-20(2)29-18-27(26-11-5-6-13-28(26)35-29)22-14-16-23(17-15-22)30(31,32)33;/h3-20,34H,1-2H3;1H. The fourth-order valence-corrected chi connectivity index (χ4v) is 4.67. The fourth-order valence-electron chi connectivity index (χ4n) is 4.67. The van der Waals surface area contributed by atoms with Crippen molar-refractivity contribution in [3.05, 3.63) is 114 Å². The fraction of sp³-hybridized carbons (Fsp3) is 0.167. The molecule has 1 heterocycles. The maximum atomic E-state index is 13.1. The number of benzene rings is 4. The van der Waals surface area contributed by atoms with Crippen molar-refractivity contribution in [2.24, 2.45) is 0 Å². The maximum Gasteiger partial charge on any atom is 0.416 e. The highest BCUT2D eigenvalue weighted by Gasteiger charge is 2.30. The Morgan fingerprint density at radius 3 is 2.08 bits per heavy atom. The summed E-state index contributed by atoms with van der Waals surface area (Å²) < 4.78 is 39.3. The molecule has 0 saturated carbocycles. The summed E-state index contributed by atoms with van der Waals surface area (Å²) in [7, 11) is 0. The van der Waals surface area contributed by atoms with Gasteiger partial charge in [-0.3, -0.25) is 4.98 Å². The predicted molar refractivity (Wildman–Crippen MR) is 143 cm³/mol. The highest BCUT2D eigenvalue weighted by atomic mass is 35.5. The monoisotopic (exact) mass is 506 g/mol. The molecule has 2 atom stereocenters. The van der Waals surface area contributed by atoms with Crippen LogP contribution in [0, 0.1) is 0 Å². The van der Waals surface area contributed by atoms with Crippen molar-refractivity contribution < 1.29 is 13.2 Å². The average Bonchev–Trinajstić information content (AvgIpc) is 2.87. The van der Waals surface area contributed by atoms with Gasteiger partial charge in [0.25, 0.3) is 0 Å². The summed E-state index contributed by atoms with van der Waals surface area (Å²) in [5.41, 5.74) is 3.80. The molecule has 0 aliphatic rings. The molecule has 0 aliphatic heterocycles. The molecule has 184 valence electrons. The Labute approximate surface area is 214 Å². The normalized spacial score (nSPS) is 13.4. The van der Waals surface area contributed by atoms with E-state index in [0.29, 0.717) is 0 Å². The molecule has 0 amide bonds. The van der Waals surface area contributed by atoms with Crippen LogP contribution in [-0.4, -0.2) is 4.98 Å². The first-order chi connectivity index (χ1) is 16.8. The van der Waals surface area contributed by atoms with Crippen LogP contribution in [0.5, 0.6) is 0 Å². The first-order valence-corrected chi connectivity index (χ1v) is 11.6. The van der Waals surface area contributed by atoms with Crippen molar-refractivity contribution in [1.82, 2.24) is 10.3 Å². The van der Waals surface area contributed by atoms with E-state index < -0.39 is 11.7 Å². The number of pyridine rings is 1. The Balaban J connectivity index is 0.00000304. The van der Waals surface area contributed by atoms with E-state index in [0.717, 1.165) is 39.9 Å². The molecule has 36 heavy (non-hydrogen) atoms. The van der Waals surface area contributed by atoms with Gasteiger partial charge < -0.3 is 5.32 Å². The van der Waals surface area contributed by atoms with Crippen LogP contribution in [-0.2, 0) is 6.18 Å². The van der Waals surface area contributed by atoms with Crippen molar-refractivity contribution in [1.29, 1.82) is 0 Å². The summed E-state index contributed by atoms with van der Waals surface area (Å²) in [4.78, 5) is 4.88. The first kappa shape index (κ1) is 25.7. The van der Waals surface area contributed by atoms with E-state index in [9.17, 15) is 13.2 Å². The van der Waals surface area contributed by atoms with E-state index in [1.807, 2.05) is 42.5 Å². The summed E-state index contributed by atoms with van der Waals surface area (Å²) in [6.45, 7) is 4.20. The van der Waals surface area contributed by atoms with Crippen molar-refractivity contribution in [2.75, 3.05) is 0 Å². The van der Waals surface area contributed by atoms with Crippen LogP contribution in [0.4, 0.5) is 13.2 Å². The lowest BCUT2D eigenvalue weighted by molar-refractivity contribution is -0.137. The first-order valence-electron chi connectivity index (χ1n) is 11.6. The number of fused-ring (bicyclic) bond motifs is 2. The molecule has 0 spiro atoms. The quantitative estimate of drug-likeness (QED) is 0.257. The molecule has 2 unspecified atom stereocenters. The molecule has 5 aromatic rings. The summed E-state index contributed by atoms with van der Waals surface area (Å²) >= 11 is 0. The van der Waals surface area contributed by atoms with Gasteiger partial charge >= 0.3 is 6.18 Å². The number of para-hydroxylation sites is 1. The van der Waals surface area contributed by atoms with E-state index in [1.165, 1.54) is 28.5 Å². The lowest BCUT2D eigenvalue weighted by Crippen LogP contribution is -2.23. The lowest BCUT2D eigenvalue weighted by atomic mass is 9.96. The largest absolute Gasteiger partial charge is 0.416 e. The van der Waals surface area contributed by atoms with Crippen molar-refractivity contribution in [3.8, 4) is 11.1 Å². The Kier molecular flexibility index (Phi) is 7.34. The maximum absolute atomic E-state index is 13.1. The number of halogens is 4. The predicted octanol–water partition coefficient (Wildman–Crippen LogP) is 8.91. The third kappa shape index (κ3) is 5.08. The van der Waals surface area contributed by atoms with Gasteiger partial charge in [0, 0.05) is 17.5 Å². The van der Waals surface area contributed by atoms with Gasteiger partial charge in [0.05, 0.1) is 16.8 Å². The van der Waals surface area contributed by atoms with Crippen molar-refractivity contribution in [3.63, 3.8) is 0 Å². The van der Waals surface area contributed by atoms with Gasteiger partial charge in [0.2, 0.25) is 0 Å². The minimum absolute atomic E-state index is 0. The molecule has 0 radical (unpaired) electrons. The van der Waals surface area contributed by atoms with E-state index in [-0.39, 0.29) is 24.5 Å². The molecule has 1 N–H and O–H groups in total. The smallest absolute Gasteiger partial charge is 0.302 e. The molecule has 0 fully saturated rings. The highest BCUT2D eigenvalue weighted by molar-refractivity contribution is 5.94. The van der Waals surface area contributed by atoms with Gasteiger partial charge in [-0.25, -0.2) is 0 Å². The molecule has 0 saturated heterocycles. The third-order valence-electron chi connectivity index (χ3n) is 6.49. The summed E-state index contributed by atoms with van der Waals surface area (Å²) in [5, 5.41) is 6.98. The second kappa shape index (κ2) is 10.3. The second-order valence-corrected chi connectivity index (χ2v) is 8.87. The van der Waals surface area contributed by atoms with E-state index in [2.05, 4.69) is 49.5 Å². The number of nitrogens with one attached hydrogen (secondary N) is 1. The van der Waals surface area contributed by atoms with Crippen molar-refractivity contribution in [2.45, 2.75) is 32.1 Å². The summed E-state index contributed by atoms with van der Waals surface area (Å²) in [6.07, 6.45) is -4.36. The average molecular weight is 507 g/mol.